The van der Waals surface area contributed by atoms with Gasteiger partial charge in [0.25, 0.3) is 0 Å². The first-order valence-corrected chi connectivity index (χ1v) is 5.86. The number of halogens is 2. The van der Waals surface area contributed by atoms with Crippen LogP contribution >= 0.6 is 23.2 Å². The molecule has 0 saturated carbocycles. The van der Waals surface area contributed by atoms with Crippen molar-refractivity contribution < 1.29 is 0 Å². The van der Waals surface area contributed by atoms with Crippen molar-refractivity contribution in [3.05, 3.63) is 45.3 Å². The highest BCUT2D eigenvalue weighted by atomic mass is 35.5. The summed E-state index contributed by atoms with van der Waals surface area (Å²) in [6.07, 6.45) is 0.603. The predicted octanol–water partition coefficient (Wildman–Crippen LogP) is 4.61. The average molecular weight is 267 g/mol. The third-order valence-electron chi connectivity index (χ3n) is 2.34. The van der Waals surface area contributed by atoms with Gasteiger partial charge in [-0.2, -0.15) is 0 Å². The van der Waals surface area contributed by atoms with Gasteiger partial charge in [0, 0.05) is 21.2 Å². The second-order valence-electron chi connectivity index (χ2n) is 3.44. The number of fused-ring (bicyclic) bond motifs is 1. The highest BCUT2D eigenvalue weighted by molar-refractivity contribution is 6.31. The number of alkyl halides is 1. The van der Waals surface area contributed by atoms with Crippen LogP contribution in [0.1, 0.15) is 5.56 Å². The molecule has 17 heavy (non-hydrogen) atoms. The lowest BCUT2D eigenvalue weighted by atomic mass is 10.1. The quantitative estimate of drug-likeness (QED) is 0.346. The molecule has 0 bridgehead atoms. The zero-order chi connectivity index (χ0) is 12.3. The highest BCUT2D eigenvalue weighted by Crippen LogP contribution is 2.25. The Balaban J connectivity index is 2.67. The van der Waals surface area contributed by atoms with Crippen molar-refractivity contribution >= 4 is 39.9 Å². The molecule has 0 N–H and O–H groups in total. The zero-order valence-corrected chi connectivity index (χ0v) is 10.3. The third kappa shape index (κ3) is 2.61. The minimum Gasteiger partial charge on any atom is -0.246 e. The monoisotopic (exact) mass is 266 g/mol. The van der Waals surface area contributed by atoms with Gasteiger partial charge in [-0.1, -0.05) is 11.6 Å². The number of aromatic nitrogens is 1. The Labute approximate surface area is 108 Å². The van der Waals surface area contributed by atoms with Crippen LogP contribution in [-0.4, -0.2) is 10.9 Å². The number of pyridine rings is 1. The summed E-state index contributed by atoms with van der Waals surface area (Å²) in [5.74, 6) is 0.824. The van der Waals surface area contributed by atoms with Crippen LogP contribution in [0, 0.1) is 0 Å². The zero-order valence-electron chi connectivity index (χ0n) is 8.77. The van der Waals surface area contributed by atoms with Crippen LogP contribution < -0.4 is 0 Å². The molecule has 2 rings (SSSR count). The second-order valence-corrected chi connectivity index (χ2v) is 4.25. The molecule has 1 heterocycles. The van der Waals surface area contributed by atoms with Gasteiger partial charge in [-0.05, 0) is 46.9 Å². The van der Waals surface area contributed by atoms with Crippen LogP contribution in [0.3, 0.4) is 0 Å². The number of rotatable bonds is 3. The van der Waals surface area contributed by atoms with Gasteiger partial charge in [0.1, 0.15) is 5.82 Å². The molecular formula is C11H8Cl2N4. The van der Waals surface area contributed by atoms with Crippen LogP contribution in [0.25, 0.3) is 21.3 Å². The number of hydrogen-bond acceptors (Lipinski definition) is 2. The van der Waals surface area contributed by atoms with Crippen LogP contribution in [0.5, 0.6) is 0 Å². The number of azide groups is 1. The fourth-order valence-corrected chi connectivity index (χ4v) is 1.98. The summed E-state index contributed by atoms with van der Waals surface area (Å²) >= 11 is 11.6. The predicted molar refractivity (Wildman–Crippen MR) is 70.0 cm³/mol. The maximum Gasteiger partial charge on any atom is 0.130 e. The lowest BCUT2D eigenvalue weighted by molar-refractivity contribution is 1.11. The molecule has 4 nitrogen and oxygen atoms in total. The Morgan fingerprint density at radius 3 is 2.88 bits per heavy atom. The summed E-state index contributed by atoms with van der Waals surface area (Å²) in [6.45, 7) is 0. The van der Waals surface area contributed by atoms with Crippen molar-refractivity contribution in [2.24, 2.45) is 5.11 Å². The van der Waals surface area contributed by atoms with E-state index in [0.717, 1.165) is 16.5 Å². The molecule has 0 spiro atoms. The summed E-state index contributed by atoms with van der Waals surface area (Å²) in [6, 6.07) is 7.26. The summed E-state index contributed by atoms with van der Waals surface area (Å²) < 4.78 is 0. The lowest BCUT2D eigenvalue weighted by Crippen LogP contribution is -1.90. The maximum atomic E-state index is 8.49. The van der Waals surface area contributed by atoms with Crippen molar-refractivity contribution in [3.63, 3.8) is 0 Å². The van der Waals surface area contributed by atoms with Gasteiger partial charge in [0.15, 0.2) is 0 Å². The smallest absolute Gasteiger partial charge is 0.130 e. The topological polar surface area (TPSA) is 61.7 Å². The Morgan fingerprint density at radius 2 is 2.18 bits per heavy atom. The molecule has 86 valence electrons. The van der Waals surface area contributed by atoms with E-state index in [4.69, 9.17) is 28.7 Å². The molecule has 0 unspecified atom stereocenters. The SMILES string of the molecule is [N-]=[N+]=Nc1nc2ccc(Cl)cc2cc1CCCl. The number of nitrogens with zero attached hydrogens (tertiary/aromatic N) is 4. The van der Waals surface area contributed by atoms with Gasteiger partial charge in [-0.15, -0.1) is 11.6 Å². The van der Waals surface area contributed by atoms with Crippen molar-refractivity contribution in [1.82, 2.24) is 4.98 Å². The largest absolute Gasteiger partial charge is 0.246 e. The van der Waals surface area contributed by atoms with Gasteiger partial charge < -0.3 is 0 Å². The molecule has 2 aromatic rings. The fourth-order valence-electron chi connectivity index (χ4n) is 1.60. The van der Waals surface area contributed by atoms with E-state index in [9.17, 15) is 0 Å². The Hall–Kier alpha value is -1.48. The van der Waals surface area contributed by atoms with E-state index < -0.39 is 0 Å². The van der Waals surface area contributed by atoms with Crippen LogP contribution in [0.2, 0.25) is 5.02 Å². The van der Waals surface area contributed by atoms with E-state index in [1.165, 1.54) is 0 Å². The molecule has 0 amide bonds. The van der Waals surface area contributed by atoms with Crippen molar-refractivity contribution in [3.8, 4) is 0 Å². The van der Waals surface area contributed by atoms with Crippen LogP contribution in [0.4, 0.5) is 5.82 Å². The molecule has 6 heteroatoms. The lowest BCUT2D eigenvalue weighted by Gasteiger charge is -2.05. The van der Waals surface area contributed by atoms with Crippen LogP contribution in [-0.2, 0) is 6.42 Å². The van der Waals surface area contributed by atoms with Gasteiger partial charge in [0.05, 0.1) is 5.52 Å². The van der Waals surface area contributed by atoms with Gasteiger partial charge in [0.2, 0.25) is 0 Å². The van der Waals surface area contributed by atoms with Crippen molar-refractivity contribution in [1.29, 1.82) is 0 Å². The summed E-state index contributed by atoms with van der Waals surface area (Å²) in [5.41, 5.74) is 10.1. The normalized spacial score (nSPS) is 10.2. The Bertz CT molecular complexity index is 606. The summed E-state index contributed by atoms with van der Waals surface area (Å²) in [7, 11) is 0. The first-order chi connectivity index (χ1) is 8.24. The fraction of sp³-hybridized carbons (Fsp3) is 0.182. The highest BCUT2D eigenvalue weighted by Gasteiger charge is 2.05. The van der Waals surface area contributed by atoms with E-state index in [1.54, 1.807) is 12.1 Å². The molecule has 0 saturated heterocycles. The molecule has 0 aliphatic rings. The van der Waals surface area contributed by atoms with E-state index in [2.05, 4.69) is 15.0 Å². The van der Waals surface area contributed by atoms with E-state index in [1.807, 2.05) is 12.1 Å². The molecule has 0 aliphatic heterocycles. The van der Waals surface area contributed by atoms with Gasteiger partial charge in [-0.25, -0.2) is 4.98 Å². The molecule has 0 atom stereocenters. The first kappa shape index (κ1) is 12.0. The molecular weight excluding hydrogens is 259 g/mol. The number of hydrogen-bond donors (Lipinski definition) is 0. The number of benzene rings is 1. The maximum absolute atomic E-state index is 8.49. The standard InChI is InChI=1S/C11H8Cl2N4/c12-4-3-7-5-8-6-9(13)1-2-10(8)15-11(7)16-17-14/h1-2,5-6H,3-4H2. The van der Waals surface area contributed by atoms with Gasteiger partial charge in [-0.3, -0.25) is 0 Å². The van der Waals surface area contributed by atoms with E-state index in [-0.39, 0.29) is 0 Å². The van der Waals surface area contributed by atoms with E-state index >= 15 is 0 Å². The Kier molecular flexibility index (Phi) is 3.69. The molecule has 0 radical (unpaired) electrons. The van der Waals surface area contributed by atoms with Crippen molar-refractivity contribution in [2.75, 3.05) is 5.88 Å². The average Bonchev–Trinajstić information content (AvgIpc) is 2.31. The minimum absolute atomic E-state index is 0.378. The molecule has 0 fully saturated rings. The number of aryl methyl sites for hydroxylation is 1. The molecule has 1 aromatic heterocycles. The van der Waals surface area contributed by atoms with Crippen LogP contribution in [0.15, 0.2) is 29.4 Å². The Morgan fingerprint density at radius 1 is 1.35 bits per heavy atom. The summed E-state index contributed by atoms with van der Waals surface area (Å²) in [4.78, 5) is 7.05. The molecule has 0 aliphatic carbocycles. The molecule has 1 aromatic carbocycles. The first-order valence-electron chi connectivity index (χ1n) is 4.95. The van der Waals surface area contributed by atoms with Crippen molar-refractivity contribution in [2.45, 2.75) is 6.42 Å². The van der Waals surface area contributed by atoms with E-state index in [0.29, 0.717) is 23.1 Å². The summed E-state index contributed by atoms with van der Waals surface area (Å²) in [5, 5.41) is 5.13. The third-order valence-corrected chi connectivity index (χ3v) is 2.76. The second kappa shape index (κ2) is 5.23. The minimum atomic E-state index is 0.378. The van der Waals surface area contributed by atoms with Gasteiger partial charge >= 0.3 is 0 Å².